The number of nitrogens with zero attached hydrogens (tertiary/aromatic N) is 2. The highest BCUT2D eigenvalue weighted by molar-refractivity contribution is 6.24. The van der Waals surface area contributed by atoms with E-state index in [1.807, 2.05) is 26.0 Å². The van der Waals surface area contributed by atoms with Crippen LogP contribution in [0.15, 0.2) is 133 Å². The highest BCUT2D eigenvalue weighted by atomic mass is 14.3. The fourth-order valence-corrected chi connectivity index (χ4v) is 6.06. The summed E-state index contributed by atoms with van der Waals surface area (Å²) >= 11 is 0. The highest BCUT2D eigenvalue weighted by Gasteiger charge is 2.15. The molecule has 270 valence electrons. The molecule has 2 heteroatoms. The molecule has 8 rings (SSSR count). The van der Waals surface area contributed by atoms with Crippen LogP contribution >= 0.6 is 0 Å². The number of nitriles is 2. The number of hydrogen-bond donors (Lipinski definition) is 0. The molecule has 0 atom stereocenters. The zero-order chi connectivity index (χ0) is 39.4. The molecule has 0 saturated carbocycles. The fraction of sp³-hybridized carbons (Fsp3) is 0.192. The van der Waals surface area contributed by atoms with Crippen LogP contribution in [0.4, 0.5) is 0 Å². The van der Waals surface area contributed by atoms with Crippen LogP contribution in [0, 0.1) is 91.9 Å². The van der Waals surface area contributed by atoms with E-state index in [0.29, 0.717) is 0 Å². The Morgan fingerprint density at radius 3 is 0.815 bits per heavy atom. The van der Waals surface area contributed by atoms with Gasteiger partial charge in [-0.3, -0.25) is 0 Å². The van der Waals surface area contributed by atoms with Crippen LogP contribution in [0.3, 0.4) is 0 Å². The first-order valence-corrected chi connectivity index (χ1v) is 18.5. The minimum atomic E-state index is 0.723. The predicted molar refractivity (Wildman–Crippen MR) is 233 cm³/mol. The molecule has 54 heavy (non-hydrogen) atoms. The van der Waals surface area contributed by atoms with Gasteiger partial charge in [-0.15, -0.1) is 0 Å². The molecule has 8 aromatic rings. The van der Waals surface area contributed by atoms with Crippen LogP contribution in [-0.2, 0) is 0 Å². The van der Waals surface area contributed by atoms with E-state index in [2.05, 4.69) is 189 Å². The van der Waals surface area contributed by atoms with Crippen molar-refractivity contribution in [1.29, 1.82) is 10.5 Å². The van der Waals surface area contributed by atoms with Gasteiger partial charge in [-0.25, -0.2) is 0 Å². The average Bonchev–Trinajstić information content (AvgIpc) is 3.17. The zero-order valence-corrected chi connectivity index (χ0v) is 33.6. The van der Waals surface area contributed by atoms with E-state index in [1.54, 1.807) is 0 Å². The third-order valence-electron chi connectivity index (χ3n) is 9.97. The van der Waals surface area contributed by atoms with Crippen LogP contribution in [0.5, 0.6) is 0 Å². The Morgan fingerprint density at radius 2 is 0.593 bits per heavy atom. The molecule has 0 N–H and O–H groups in total. The Bertz CT molecular complexity index is 2280. The molecule has 0 heterocycles. The van der Waals surface area contributed by atoms with Crippen LogP contribution in [-0.4, -0.2) is 0 Å². The molecule has 0 unspecified atom stereocenters. The number of aryl methyl sites for hydroxylation is 10. The lowest BCUT2D eigenvalue weighted by molar-refractivity contribution is 1.34. The Kier molecular flexibility index (Phi) is 14.3. The predicted octanol–water partition coefficient (Wildman–Crippen LogP) is 14.2. The summed E-state index contributed by atoms with van der Waals surface area (Å²) in [4.78, 5) is 0. The molecule has 0 spiro atoms. The lowest BCUT2D eigenvalue weighted by Gasteiger charge is -2.15. The molecular formula is C52H52N2. The van der Waals surface area contributed by atoms with E-state index in [1.165, 1.54) is 55.3 Å². The van der Waals surface area contributed by atoms with Gasteiger partial charge in [0.05, 0.1) is 23.3 Å². The van der Waals surface area contributed by atoms with Crippen LogP contribution in [0.25, 0.3) is 32.3 Å². The van der Waals surface area contributed by atoms with Gasteiger partial charge >= 0.3 is 0 Å². The van der Waals surface area contributed by atoms with E-state index in [-0.39, 0.29) is 0 Å². The summed E-state index contributed by atoms with van der Waals surface area (Å²) in [5, 5.41) is 25.5. The summed E-state index contributed by atoms with van der Waals surface area (Å²) in [6, 6.07) is 50.4. The first-order valence-electron chi connectivity index (χ1n) is 18.5. The third-order valence-corrected chi connectivity index (χ3v) is 9.97. The standard InChI is InChI=1S/C20H12N2.4C8H10/c1-11-15(9-21)7-13-4-6-18-12(2)16(10-22)8-14-3-5-17(11)19(13)20(14)18;2*1-7-3-5-8(2)6-4-7;2*1-7-5-3-4-6-8(7)2/h3-8H,1-2H3;4*3-6H,1-2H3. The lowest BCUT2D eigenvalue weighted by Crippen LogP contribution is -1.93. The summed E-state index contributed by atoms with van der Waals surface area (Å²) in [5.74, 6) is 0. The zero-order valence-electron chi connectivity index (χ0n) is 33.6. The molecule has 0 radical (unpaired) electrons. The van der Waals surface area contributed by atoms with Crippen molar-refractivity contribution in [3.63, 3.8) is 0 Å². The van der Waals surface area contributed by atoms with Crippen LogP contribution in [0.1, 0.15) is 66.8 Å². The van der Waals surface area contributed by atoms with Crippen LogP contribution in [0.2, 0.25) is 0 Å². The molecule has 0 fully saturated rings. The molecule has 0 bridgehead atoms. The maximum Gasteiger partial charge on any atom is 0.0994 e. The van der Waals surface area contributed by atoms with Crippen molar-refractivity contribution < 1.29 is 0 Å². The van der Waals surface area contributed by atoms with E-state index >= 15 is 0 Å². The second kappa shape index (κ2) is 19.0. The van der Waals surface area contributed by atoms with Gasteiger partial charge in [0.2, 0.25) is 0 Å². The number of rotatable bonds is 0. The summed E-state index contributed by atoms with van der Waals surface area (Å²) < 4.78 is 0. The maximum atomic E-state index is 9.33. The molecule has 0 aliphatic carbocycles. The first kappa shape index (κ1) is 40.5. The van der Waals surface area contributed by atoms with Gasteiger partial charge in [-0.1, -0.05) is 144 Å². The normalized spacial score (nSPS) is 10.0. The quantitative estimate of drug-likeness (QED) is 0.148. The lowest BCUT2D eigenvalue weighted by atomic mass is 9.87. The van der Waals surface area contributed by atoms with E-state index in [0.717, 1.165) is 43.8 Å². The van der Waals surface area contributed by atoms with Crippen molar-refractivity contribution in [3.05, 3.63) is 200 Å². The van der Waals surface area contributed by atoms with Gasteiger partial charge in [0.15, 0.2) is 0 Å². The summed E-state index contributed by atoms with van der Waals surface area (Å²) in [6.45, 7) is 20.9. The van der Waals surface area contributed by atoms with Crippen molar-refractivity contribution in [3.8, 4) is 12.1 Å². The molecule has 0 aromatic heterocycles. The molecular weight excluding hydrogens is 653 g/mol. The van der Waals surface area contributed by atoms with E-state index < -0.39 is 0 Å². The Balaban J connectivity index is 0.000000168. The van der Waals surface area contributed by atoms with Gasteiger partial charge in [0, 0.05) is 0 Å². The van der Waals surface area contributed by atoms with Crippen molar-refractivity contribution in [2.45, 2.75) is 69.2 Å². The smallest absolute Gasteiger partial charge is 0.0994 e. The van der Waals surface area contributed by atoms with Gasteiger partial charge in [0.1, 0.15) is 0 Å². The first-order chi connectivity index (χ1) is 25.8. The van der Waals surface area contributed by atoms with Crippen molar-refractivity contribution in [1.82, 2.24) is 0 Å². The molecule has 8 aromatic carbocycles. The van der Waals surface area contributed by atoms with Gasteiger partial charge in [-0.05, 0) is 147 Å². The van der Waals surface area contributed by atoms with Gasteiger partial charge in [-0.2, -0.15) is 10.5 Å². The van der Waals surface area contributed by atoms with Crippen molar-refractivity contribution >= 4 is 32.3 Å². The largest absolute Gasteiger partial charge is 0.192 e. The Morgan fingerprint density at radius 1 is 0.333 bits per heavy atom. The van der Waals surface area contributed by atoms with E-state index in [9.17, 15) is 10.5 Å². The highest BCUT2D eigenvalue weighted by Crippen LogP contribution is 2.39. The maximum absolute atomic E-state index is 9.33. The molecule has 0 aliphatic rings. The summed E-state index contributed by atoms with van der Waals surface area (Å²) in [7, 11) is 0. The Labute approximate surface area is 323 Å². The van der Waals surface area contributed by atoms with E-state index in [4.69, 9.17) is 0 Å². The topological polar surface area (TPSA) is 47.6 Å². The molecule has 0 saturated heterocycles. The minimum absolute atomic E-state index is 0.723. The second-order valence-electron chi connectivity index (χ2n) is 14.2. The minimum Gasteiger partial charge on any atom is -0.192 e. The molecule has 0 aliphatic heterocycles. The Hall–Kier alpha value is -6.22. The number of benzene rings is 8. The average molecular weight is 705 g/mol. The molecule has 2 nitrogen and oxygen atoms in total. The fourth-order valence-electron chi connectivity index (χ4n) is 6.06. The van der Waals surface area contributed by atoms with Crippen molar-refractivity contribution in [2.24, 2.45) is 0 Å². The van der Waals surface area contributed by atoms with Crippen molar-refractivity contribution in [2.75, 3.05) is 0 Å². The summed E-state index contributed by atoms with van der Waals surface area (Å²) in [5.41, 5.74) is 14.3. The summed E-state index contributed by atoms with van der Waals surface area (Å²) in [6.07, 6.45) is 0. The monoisotopic (exact) mass is 704 g/mol. The van der Waals surface area contributed by atoms with Gasteiger partial charge < -0.3 is 0 Å². The molecule has 0 amide bonds. The van der Waals surface area contributed by atoms with Crippen LogP contribution < -0.4 is 0 Å². The third kappa shape index (κ3) is 10.4. The SMILES string of the molecule is Cc1c(C#N)cc2ccc3c(C)c(C#N)cc4ccc1c2c43.Cc1ccc(C)cc1.Cc1ccc(C)cc1.Cc1ccccc1C.Cc1ccccc1C. The van der Waals surface area contributed by atoms with Gasteiger partial charge in [0.25, 0.3) is 0 Å². The second-order valence-corrected chi connectivity index (χ2v) is 14.2. The number of hydrogen-bond acceptors (Lipinski definition) is 2.